The summed E-state index contributed by atoms with van der Waals surface area (Å²) >= 11 is 0. The highest BCUT2D eigenvalue weighted by Crippen LogP contribution is 2.38. The van der Waals surface area contributed by atoms with Gasteiger partial charge in [-0.25, -0.2) is 8.78 Å². The molecule has 29 heavy (non-hydrogen) atoms. The van der Waals surface area contributed by atoms with Crippen LogP contribution in [0.15, 0.2) is 23.0 Å². The fraction of sp³-hybridized carbons (Fsp3) is 0.400. The first-order valence-corrected chi connectivity index (χ1v) is 9.43. The van der Waals surface area contributed by atoms with Gasteiger partial charge in [-0.05, 0) is 36.5 Å². The standard InChI is InChI=1S/C20H19F2N5O2/c1-10-3-2-4-27(9-10)20-25-17-16(19(29)26-20)15(14(8-23)18(28)24-17)11-5-12(21)7-13(22)6-11/h5-7,10,14-15H,2-4,9H2,1H3,(H2,24,25,26,28,29). The molecule has 3 heterocycles. The number of fused-ring (bicyclic) bond motifs is 1. The molecule has 0 radical (unpaired) electrons. The Bertz CT molecular complexity index is 1060. The van der Waals surface area contributed by atoms with Crippen molar-refractivity contribution in [2.45, 2.75) is 25.7 Å². The lowest BCUT2D eigenvalue weighted by atomic mass is 9.79. The maximum Gasteiger partial charge on any atom is 0.258 e. The quantitative estimate of drug-likeness (QED) is 0.808. The van der Waals surface area contributed by atoms with E-state index in [1.54, 1.807) is 0 Å². The largest absolute Gasteiger partial charge is 0.342 e. The molecule has 0 saturated carbocycles. The van der Waals surface area contributed by atoms with Crippen molar-refractivity contribution < 1.29 is 13.6 Å². The molecule has 3 atom stereocenters. The molecule has 4 rings (SSSR count). The molecule has 0 spiro atoms. The van der Waals surface area contributed by atoms with Gasteiger partial charge in [0.1, 0.15) is 23.4 Å². The topological polar surface area (TPSA) is 102 Å². The number of nitriles is 1. The molecule has 0 aliphatic carbocycles. The first kappa shape index (κ1) is 19.1. The number of hydrogen-bond acceptors (Lipinski definition) is 5. The molecule has 1 fully saturated rings. The van der Waals surface area contributed by atoms with E-state index in [0.29, 0.717) is 17.9 Å². The molecule has 0 bridgehead atoms. The Hall–Kier alpha value is -3.28. The molecule has 1 aromatic heterocycles. The van der Waals surface area contributed by atoms with Crippen LogP contribution in [0.5, 0.6) is 0 Å². The number of hydrogen-bond donors (Lipinski definition) is 2. The van der Waals surface area contributed by atoms with Crippen LogP contribution >= 0.6 is 0 Å². The number of rotatable bonds is 2. The number of nitrogens with one attached hydrogen (secondary N) is 2. The lowest BCUT2D eigenvalue weighted by molar-refractivity contribution is -0.119. The predicted octanol–water partition coefficient (Wildman–Crippen LogP) is 2.51. The Morgan fingerprint density at radius 3 is 2.62 bits per heavy atom. The van der Waals surface area contributed by atoms with Crippen LogP contribution in [0.3, 0.4) is 0 Å². The molecule has 7 nitrogen and oxygen atoms in total. The van der Waals surface area contributed by atoms with E-state index in [1.165, 1.54) is 0 Å². The third kappa shape index (κ3) is 3.46. The maximum atomic E-state index is 13.8. The Balaban J connectivity index is 1.85. The lowest BCUT2D eigenvalue weighted by Gasteiger charge is -2.33. The summed E-state index contributed by atoms with van der Waals surface area (Å²) in [4.78, 5) is 34.5. The number of aromatic nitrogens is 2. The average Bonchev–Trinajstić information content (AvgIpc) is 2.66. The van der Waals surface area contributed by atoms with Crippen LogP contribution in [0, 0.1) is 34.8 Å². The van der Waals surface area contributed by atoms with Gasteiger partial charge < -0.3 is 10.2 Å². The molecule has 1 amide bonds. The summed E-state index contributed by atoms with van der Waals surface area (Å²) in [5.74, 6) is -4.02. The summed E-state index contributed by atoms with van der Waals surface area (Å²) in [6.07, 6.45) is 2.04. The van der Waals surface area contributed by atoms with Crippen molar-refractivity contribution in [3.8, 4) is 6.07 Å². The van der Waals surface area contributed by atoms with Gasteiger partial charge >= 0.3 is 0 Å². The molecule has 1 saturated heterocycles. The molecule has 1 aromatic carbocycles. The van der Waals surface area contributed by atoms with Crippen molar-refractivity contribution in [1.29, 1.82) is 5.26 Å². The number of H-pyrrole nitrogens is 1. The van der Waals surface area contributed by atoms with Crippen LogP contribution in [0.2, 0.25) is 0 Å². The minimum atomic E-state index is -1.31. The smallest absolute Gasteiger partial charge is 0.258 e. The molecule has 9 heteroatoms. The van der Waals surface area contributed by atoms with E-state index < -0.39 is 34.9 Å². The van der Waals surface area contributed by atoms with Crippen molar-refractivity contribution in [2.24, 2.45) is 11.8 Å². The van der Waals surface area contributed by atoms with E-state index in [-0.39, 0.29) is 16.9 Å². The second-order valence-electron chi connectivity index (χ2n) is 7.62. The van der Waals surface area contributed by atoms with Crippen LogP contribution in [-0.2, 0) is 4.79 Å². The maximum absolute atomic E-state index is 13.8. The second kappa shape index (κ2) is 7.28. The van der Waals surface area contributed by atoms with E-state index in [4.69, 9.17) is 0 Å². The fourth-order valence-corrected chi connectivity index (χ4v) is 4.15. The van der Waals surface area contributed by atoms with Gasteiger partial charge in [-0.3, -0.25) is 14.6 Å². The monoisotopic (exact) mass is 399 g/mol. The van der Waals surface area contributed by atoms with Crippen molar-refractivity contribution in [2.75, 3.05) is 23.3 Å². The molecular weight excluding hydrogens is 380 g/mol. The highest BCUT2D eigenvalue weighted by molar-refractivity contribution is 5.97. The Labute approximate surface area is 165 Å². The van der Waals surface area contributed by atoms with Gasteiger partial charge in [-0.1, -0.05) is 6.92 Å². The van der Waals surface area contributed by atoms with Crippen LogP contribution in [0.4, 0.5) is 20.5 Å². The number of halogens is 2. The number of aromatic amines is 1. The highest BCUT2D eigenvalue weighted by Gasteiger charge is 2.41. The van der Waals surface area contributed by atoms with Gasteiger partial charge in [0.05, 0.1) is 11.6 Å². The average molecular weight is 399 g/mol. The van der Waals surface area contributed by atoms with Crippen molar-refractivity contribution >= 4 is 17.7 Å². The summed E-state index contributed by atoms with van der Waals surface area (Å²) in [5.41, 5.74) is -0.482. The first-order valence-electron chi connectivity index (χ1n) is 9.43. The molecule has 2 aliphatic rings. The van der Waals surface area contributed by atoms with E-state index in [9.17, 15) is 23.6 Å². The van der Waals surface area contributed by atoms with Gasteiger partial charge in [0.15, 0.2) is 0 Å². The summed E-state index contributed by atoms with van der Waals surface area (Å²) < 4.78 is 27.6. The molecule has 2 aliphatic heterocycles. The highest BCUT2D eigenvalue weighted by atomic mass is 19.1. The second-order valence-corrected chi connectivity index (χ2v) is 7.62. The minimum Gasteiger partial charge on any atom is -0.342 e. The fourth-order valence-electron chi connectivity index (χ4n) is 4.15. The minimum absolute atomic E-state index is 0.0214. The van der Waals surface area contributed by atoms with E-state index in [2.05, 4.69) is 22.2 Å². The van der Waals surface area contributed by atoms with Gasteiger partial charge in [0.25, 0.3) is 5.56 Å². The van der Waals surface area contributed by atoms with Crippen LogP contribution in [0.25, 0.3) is 0 Å². The summed E-state index contributed by atoms with van der Waals surface area (Å²) in [6, 6.07) is 4.59. The number of carbonyl (C=O) groups is 1. The Morgan fingerprint density at radius 2 is 1.97 bits per heavy atom. The number of piperidine rings is 1. The van der Waals surface area contributed by atoms with E-state index >= 15 is 0 Å². The predicted molar refractivity (Wildman–Crippen MR) is 101 cm³/mol. The van der Waals surface area contributed by atoms with Crippen LogP contribution in [-0.4, -0.2) is 29.0 Å². The molecule has 150 valence electrons. The van der Waals surface area contributed by atoms with E-state index in [1.807, 2.05) is 11.0 Å². The van der Waals surface area contributed by atoms with Crippen molar-refractivity contribution in [3.63, 3.8) is 0 Å². The summed E-state index contributed by atoms with van der Waals surface area (Å²) in [5, 5.41) is 12.0. The van der Waals surface area contributed by atoms with Gasteiger partial charge in [-0.15, -0.1) is 0 Å². The van der Waals surface area contributed by atoms with E-state index in [0.717, 1.165) is 38.1 Å². The van der Waals surface area contributed by atoms with Gasteiger partial charge in [0.2, 0.25) is 11.9 Å². The third-order valence-corrected chi connectivity index (χ3v) is 5.45. The third-order valence-electron chi connectivity index (χ3n) is 5.45. The molecular formula is C20H19F2N5O2. The van der Waals surface area contributed by atoms with Crippen molar-refractivity contribution in [1.82, 2.24) is 9.97 Å². The zero-order chi connectivity index (χ0) is 20.7. The first-order chi connectivity index (χ1) is 13.9. The van der Waals surface area contributed by atoms with Gasteiger partial charge in [0, 0.05) is 25.1 Å². The Kier molecular flexibility index (Phi) is 4.78. The normalized spacial score (nSPS) is 23.9. The van der Waals surface area contributed by atoms with Gasteiger partial charge in [-0.2, -0.15) is 10.2 Å². The van der Waals surface area contributed by atoms with Crippen LogP contribution in [0.1, 0.15) is 36.8 Å². The number of benzene rings is 1. The summed E-state index contributed by atoms with van der Waals surface area (Å²) in [6.45, 7) is 3.55. The number of anilines is 2. The SMILES string of the molecule is CC1CCCN(c2nc3c(c(=O)[nH]2)C(c2cc(F)cc(F)c2)C(C#N)C(=O)N3)C1. The number of nitrogens with zero attached hydrogens (tertiary/aromatic N) is 3. The number of carbonyl (C=O) groups excluding carboxylic acids is 1. The number of amides is 1. The van der Waals surface area contributed by atoms with Crippen molar-refractivity contribution in [3.05, 3.63) is 51.3 Å². The molecule has 2 N–H and O–H groups in total. The van der Waals surface area contributed by atoms with Crippen LogP contribution < -0.4 is 15.8 Å². The summed E-state index contributed by atoms with van der Waals surface area (Å²) in [7, 11) is 0. The zero-order valence-corrected chi connectivity index (χ0v) is 15.7. The molecule has 2 aromatic rings. The zero-order valence-electron chi connectivity index (χ0n) is 15.7. The lowest BCUT2D eigenvalue weighted by Crippen LogP contribution is -2.41. The Morgan fingerprint density at radius 1 is 1.24 bits per heavy atom. The molecule has 3 unspecified atom stereocenters.